The van der Waals surface area contributed by atoms with Crippen LogP contribution in [0.5, 0.6) is 0 Å². The molecule has 0 bridgehead atoms. The van der Waals surface area contributed by atoms with Crippen LogP contribution in [0, 0.1) is 12.3 Å². The first-order chi connectivity index (χ1) is 8.22. The highest BCUT2D eigenvalue weighted by molar-refractivity contribution is 6.30. The molecule has 1 unspecified atom stereocenters. The van der Waals surface area contributed by atoms with Gasteiger partial charge < -0.3 is 5.32 Å². The summed E-state index contributed by atoms with van der Waals surface area (Å²) in [5, 5.41) is 3.76. The first-order valence-corrected chi connectivity index (χ1v) is 6.32. The zero-order chi connectivity index (χ0) is 12.7. The molecule has 0 aliphatic rings. The molecule has 17 heavy (non-hydrogen) atoms. The summed E-state index contributed by atoms with van der Waals surface area (Å²) in [6.07, 6.45) is 10.7. The highest BCUT2D eigenvalue weighted by Crippen LogP contribution is 2.22. The molecule has 0 aromatic carbocycles. The van der Waals surface area contributed by atoms with Crippen LogP contribution in [0.1, 0.15) is 38.7 Å². The summed E-state index contributed by atoms with van der Waals surface area (Å²) >= 11 is 6.07. The predicted molar refractivity (Wildman–Crippen MR) is 72.2 cm³/mol. The molecule has 1 atom stereocenters. The van der Waals surface area contributed by atoms with Gasteiger partial charge in [-0.05, 0) is 12.8 Å². The Labute approximate surface area is 108 Å². The second-order valence-corrected chi connectivity index (χ2v) is 4.25. The Morgan fingerprint density at radius 2 is 2.18 bits per heavy atom. The van der Waals surface area contributed by atoms with Gasteiger partial charge in [0.2, 0.25) is 0 Å². The van der Waals surface area contributed by atoms with E-state index < -0.39 is 0 Å². The van der Waals surface area contributed by atoms with Gasteiger partial charge in [-0.1, -0.05) is 44.2 Å². The van der Waals surface area contributed by atoms with Crippen molar-refractivity contribution >= 4 is 17.4 Å². The molecule has 4 heteroatoms. The van der Waals surface area contributed by atoms with Gasteiger partial charge >= 0.3 is 0 Å². The van der Waals surface area contributed by atoms with Crippen molar-refractivity contribution < 1.29 is 0 Å². The van der Waals surface area contributed by atoms with E-state index in [4.69, 9.17) is 18.0 Å². The highest BCUT2D eigenvalue weighted by atomic mass is 35.5. The minimum Gasteiger partial charge on any atom is -0.356 e. The first-order valence-electron chi connectivity index (χ1n) is 5.94. The van der Waals surface area contributed by atoms with E-state index in [1.807, 2.05) is 0 Å². The van der Waals surface area contributed by atoms with E-state index >= 15 is 0 Å². The van der Waals surface area contributed by atoms with Gasteiger partial charge in [-0.15, -0.1) is 6.42 Å². The molecule has 0 amide bonds. The SMILES string of the molecule is C#CC(CCC)Nc1ncnc(Cl)c1CCC. The smallest absolute Gasteiger partial charge is 0.137 e. The fourth-order valence-electron chi connectivity index (χ4n) is 1.64. The monoisotopic (exact) mass is 251 g/mol. The second kappa shape index (κ2) is 7.13. The topological polar surface area (TPSA) is 37.8 Å². The lowest BCUT2D eigenvalue weighted by molar-refractivity contribution is 0.748. The normalized spacial score (nSPS) is 11.9. The maximum Gasteiger partial charge on any atom is 0.137 e. The Kier molecular flexibility index (Phi) is 5.79. The van der Waals surface area contributed by atoms with Gasteiger partial charge in [0, 0.05) is 5.56 Å². The molecule has 1 rings (SSSR count). The summed E-state index contributed by atoms with van der Waals surface area (Å²) in [6, 6.07) is 0.00146. The van der Waals surface area contributed by atoms with Crippen LogP contribution in [0.15, 0.2) is 6.33 Å². The summed E-state index contributed by atoms with van der Waals surface area (Å²) in [4.78, 5) is 8.23. The number of anilines is 1. The molecular weight excluding hydrogens is 234 g/mol. The van der Waals surface area contributed by atoms with Crippen molar-refractivity contribution in [1.82, 2.24) is 9.97 Å². The van der Waals surface area contributed by atoms with Crippen molar-refractivity contribution in [3.63, 3.8) is 0 Å². The van der Waals surface area contributed by atoms with Crippen molar-refractivity contribution in [2.75, 3.05) is 5.32 Å². The first kappa shape index (κ1) is 13.8. The number of nitrogens with one attached hydrogen (secondary N) is 1. The number of hydrogen-bond acceptors (Lipinski definition) is 3. The van der Waals surface area contributed by atoms with E-state index in [1.165, 1.54) is 6.33 Å². The van der Waals surface area contributed by atoms with E-state index in [0.29, 0.717) is 5.15 Å². The summed E-state index contributed by atoms with van der Waals surface area (Å²) in [6.45, 7) is 4.20. The number of halogens is 1. The van der Waals surface area contributed by atoms with Crippen LogP contribution in [-0.4, -0.2) is 16.0 Å². The summed E-state index contributed by atoms with van der Waals surface area (Å²) in [7, 11) is 0. The largest absolute Gasteiger partial charge is 0.356 e. The molecule has 0 spiro atoms. The van der Waals surface area contributed by atoms with Crippen molar-refractivity contribution in [2.45, 2.75) is 45.6 Å². The Morgan fingerprint density at radius 3 is 2.76 bits per heavy atom. The highest BCUT2D eigenvalue weighted by Gasteiger charge is 2.12. The summed E-state index contributed by atoms with van der Waals surface area (Å²) in [5.74, 6) is 3.49. The van der Waals surface area contributed by atoms with Crippen LogP contribution in [0.4, 0.5) is 5.82 Å². The van der Waals surface area contributed by atoms with Crippen molar-refractivity contribution in [3.8, 4) is 12.3 Å². The van der Waals surface area contributed by atoms with Gasteiger partial charge in [0.15, 0.2) is 0 Å². The number of nitrogens with zero attached hydrogens (tertiary/aromatic N) is 2. The van der Waals surface area contributed by atoms with Crippen LogP contribution in [-0.2, 0) is 6.42 Å². The van der Waals surface area contributed by atoms with Crippen molar-refractivity contribution in [2.24, 2.45) is 0 Å². The lowest BCUT2D eigenvalue weighted by atomic mass is 10.1. The average Bonchev–Trinajstić information content (AvgIpc) is 2.33. The van der Waals surface area contributed by atoms with Crippen LogP contribution >= 0.6 is 11.6 Å². The van der Waals surface area contributed by atoms with Crippen LogP contribution < -0.4 is 5.32 Å². The van der Waals surface area contributed by atoms with Gasteiger partial charge in [0.25, 0.3) is 0 Å². The molecule has 0 radical (unpaired) electrons. The molecule has 1 N–H and O–H groups in total. The Hall–Kier alpha value is -1.27. The van der Waals surface area contributed by atoms with Gasteiger partial charge in [-0.2, -0.15) is 0 Å². The Morgan fingerprint density at radius 1 is 1.41 bits per heavy atom. The molecule has 1 heterocycles. The van der Waals surface area contributed by atoms with Gasteiger partial charge in [-0.25, -0.2) is 9.97 Å². The quantitative estimate of drug-likeness (QED) is 0.623. The van der Waals surface area contributed by atoms with E-state index in [1.54, 1.807) is 0 Å². The molecule has 0 saturated carbocycles. The summed E-state index contributed by atoms with van der Waals surface area (Å²) < 4.78 is 0. The van der Waals surface area contributed by atoms with E-state index in [-0.39, 0.29) is 6.04 Å². The third-order valence-electron chi connectivity index (χ3n) is 2.48. The average molecular weight is 252 g/mol. The molecule has 0 aliphatic carbocycles. The maximum absolute atomic E-state index is 6.07. The van der Waals surface area contributed by atoms with Crippen LogP contribution in [0.2, 0.25) is 5.15 Å². The lowest BCUT2D eigenvalue weighted by Gasteiger charge is -2.15. The molecule has 1 aromatic heterocycles. The lowest BCUT2D eigenvalue weighted by Crippen LogP contribution is -2.19. The molecule has 0 fully saturated rings. The maximum atomic E-state index is 6.07. The van der Waals surface area contributed by atoms with E-state index in [2.05, 4.69) is 35.1 Å². The molecule has 0 saturated heterocycles. The van der Waals surface area contributed by atoms with E-state index in [0.717, 1.165) is 37.1 Å². The third-order valence-corrected chi connectivity index (χ3v) is 2.81. The Bertz CT molecular complexity index is 398. The number of terminal acetylenes is 1. The minimum atomic E-state index is 0.00146. The zero-order valence-electron chi connectivity index (χ0n) is 10.3. The molecule has 1 aromatic rings. The van der Waals surface area contributed by atoms with Crippen LogP contribution in [0.25, 0.3) is 0 Å². The number of aromatic nitrogens is 2. The van der Waals surface area contributed by atoms with Crippen molar-refractivity contribution in [3.05, 3.63) is 17.0 Å². The number of hydrogen-bond donors (Lipinski definition) is 1. The fourth-order valence-corrected chi connectivity index (χ4v) is 1.87. The zero-order valence-corrected chi connectivity index (χ0v) is 11.1. The molecular formula is C13H18ClN3. The molecule has 3 nitrogen and oxygen atoms in total. The van der Waals surface area contributed by atoms with E-state index in [9.17, 15) is 0 Å². The predicted octanol–water partition coefficient (Wildman–Crippen LogP) is 3.30. The third kappa shape index (κ3) is 3.90. The van der Waals surface area contributed by atoms with Gasteiger partial charge in [0.05, 0.1) is 6.04 Å². The Balaban J connectivity index is 2.89. The number of rotatable bonds is 6. The second-order valence-electron chi connectivity index (χ2n) is 3.89. The van der Waals surface area contributed by atoms with Crippen molar-refractivity contribution in [1.29, 1.82) is 0 Å². The standard InChI is InChI=1S/C13H18ClN3/c1-4-7-10(6-3)17-13-11(8-5-2)12(14)15-9-16-13/h3,9-10H,4-5,7-8H2,1-2H3,(H,15,16,17). The molecule has 92 valence electrons. The molecule has 0 aliphatic heterocycles. The van der Waals surface area contributed by atoms with Gasteiger partial charge in [0.1, 0.15) is 17.3 Å². The minimum absolute atomic E-state index is 0.00146. The summed E-state index contributed by atoms with van der Waals surface area (Å²) in [5.41, 5.74) is 0.952. The fraction of sp³-hybridized carbons (Fsp3) is 0.538. The van der Waals surface area contributed by atoms with Gasteiger partial charge in [-0.3, -0.25) is 0 Å². The van der Waals surface area contributed by atoms with Crippen LogP contribution in [0.3, 0.4) is 0 Å².